The first-order valence-electron chi connectivity index (χ1n) is 6.46. The van der Waals surface area contributed by atoms with Gasteiger partial charge in [0.05, 0.1) is 0 Å². The molecular formula is C13H25NO4. The average molecular weight is 259 g/mol. The molecule has 18 heavy (non-hydrogen) atoms. The fourth-order valence-corrected chi connectivity index (χ4v) is 1.45. The van der Waals surface area contributed by atoms with E-state index in [4.69, 9.17) is 9.84 Å². The summed E-state index contributed by atoms with van der Waals surface area (Å²) < 4.78 is 5.18. The van der Waals surface area contributed by atoms with Crippen LogP contribution in [0.5, 0.6) is 0 Å². The van der Waals surface area contributed by atoms with Crippen molar-refractivity contribution < 1.29 is 19.4 Å². The first-order valence-corrected chi connectivity index (χ1v) is 6.46. The minimum absolute atomic E-state index is 0.305. The van der Waals surface area contributed by atoms with Crippen molar-refractivity contribution in [1.82, 2.24) is 4.90 Å². The van der Waals surface area contributed by atoms with Gasteiger partial charge in [-0.05, 0) is 27.2 Å². The Morgan fingerprint density at radius 2 is 1.78 bits per heavy atom. The standard InChI is InChI=1S/C13H25NO4/c1-5-6-7-8-9-14(10-11(15)16)12(17)18-13(2,3)4/h5-10H2,1-4H3,(H,15,16). The summed E-state index contributed by atoms with van der Waals surface area (Å²) >= 11 is 0. The zero-order valence-electron chi connectivity index (χ0n) is 11.9. The van der Waals surface area contributed by atoms with Gasteiger partial charge in [0.1, 0.15) is 12.1 Å². The van der Waals surface area contributed by atoms with Crippen LogP contribution in [0.25, 0.3) is 0 Å². The fraction of sp³-hybridized carbons (Fsp3) is 0.846. The van der Waals surface area contributed by atoms with Crippen molar-refractivity contribution in [2.45, 2.75) is 59.0 Å². The Hall–Kier alpha value is -1.26. The van der Waals surface area contributed by atoms with Gasteiger partial charge in [-0.25, -0.2) is 4.79 Å². The van der Waals surface area contributed by atoms with E-state index in [2.05, 4.69) is 6.92 Å². The SMILES string of the molecule is CCCCCCN(CC(=O)O)C(=O)OC(C)(C)C. The highest BCUT2D eigenvalue weighted by atomic mass is 16.6. The quantitative estimate of drug-likeness (QED) is 0.714. The maximum Gasteiger partial charge on any atom is 0.410 e. The van der Waals surface area contributed by atoms with Gasteiger partial charge in [-0.3, -0.25) is 9.69 Å². The predicted octanol–water partition coefficient (Wildman–Crippen LogP) is 2.89. The van der Waals surface area contributed by atoms with Crippen LogP contribution in [0.15, 0.2) is 0 Å². The normalized spacial score (nSPS) is 11.1. The Bertz CT molecular complexity index is 271. The van der Waals surface area contributed by atoms with Crippen LogP contribution in [0.2, 0.25) is 0 Å². The molecule has 1 amide bonds. The van der Waals surface area contributed by atoms with Crippen LogP contribution in [0.3, 0.4) is 0 Å². The molecule has 0 aromatic rings. The molecule has 106 valence electrons. The third-order valence-corrected chi connectivity index (χ3v) is 2.26. The summed E-state index contributed by atoms with van der Waals surface area (Å²) in [5.74, 6) is -1.02. The number of unbranched alkanes of at least 4 members (excludes halogenated alkanes) is 3. The molecule has 5 nitrogen and oxygen atoms in total. The fourth-order valence-electron chi connectivity index (χ4n) is 1.45. The molecule has 0 aliphatic rings. The molecule has 0 unspecified atom stereocenters. The number of carboxylic acids is 1. The molecule has 1 N–H and O–H groups in total. The first-order chi connectivity index (χ1) is 8.26. The van der Waals surface area contributed by atoms with Crippen LogP contribution < -0.4 is 0 Å². The van der Waals surface area contributed by atoms with E-state index in [9.17, 15) is 9.59 Å². The number of aliphatic carboxylic acids is 1. The molecule has 0 saturated heterocycles. The van der Waals surface area contributed by atoms with Crippen molar-refractivity contribution >= 4 is 12.1 Å². The molecule has 0 heterocycles. The maximum atomic E-state index is 11.8. The van der Waals surface area contributed by atoms with Crippen molar-refractivity contribution in [1.29, 1.82) is 0 Å². The van der Waals surface area contributed by atoms with Gasteiger partial charge in [-0.15, -0.1) is 0 Å². The number of amides is 1. The van der Waals surface area contributed by atoms with Crippen LogP contribution in [-0.2, 0) is 9.53 Å². The highest BCUT2D eigenvalue weighted by Crippen LogP contribution is 2.11. The van der Waals surface area contributed by atoms with E-state index < -0.39 is 17.7 Å². The van der Waals surface area contributed by atoms with Gasteiger partial charge in [-0.1, -0.05) is 26.2 Å². The van der Waals surface area contributed by atoms with Crippen molar-refractivity contribution in [2.24, 2.45) is 0 Å². The van der Waals surface area contributed by atoms with E-state index in [1.54, 1.807) is 20.8 Å². The summed E-state index contributed by atoms with van der Waals surface area (Å²) in [5, 5.41) is 8.78. The molecular weight excluding hydrogens is 234 g/mol. The van der Waals surface area contributed by atoms with E-state index in [-0.39, 0.29) is 6.54 Å². The monoisotopic (exact) mass is 259 g/mol. The number of ether oxygens (including phenoxy) is 1. The van der Waals surface area contributed by atoms with Crippen LogP contribution in [0.4, 0.5) is 4.79 Å². The zero-order chi connectivity index (χ0) is 14.2. The van der Waals surface area contributed by atoms with Crippen molar-refractivity contribution in [3.05, 3.63) is 0 Å². The molecule has 0 aliphatic carbocycles. The third kappa shape index (κ3) is 8.84. The van der Waals surface area contributed by atoms with E-state index in [0.29, 0.717) is 6.54 Å². The van der Waals surface area contributed by atoms with E-state index in [1.807, 2.05) is 0 Å². The Kier molecular flexibility index (Phi) is 7.39. The molecule has 0 aliphatic heterocycles. The molecule has 0 radical (unpaired) electrons. The number of hydrogen-bond donors (Lipinski definition) is 1. The van der Waals surface area contributed by atoms with Crippen LogP contribution in [0, 0.1) is 0 Å². The molecule has 0 spiro atoms. The molecule has 0 rings (SSSR count). The van der Waals surface area contributed by atoms with Crippen molar-refractivity contribution in [2.75, 3.05) is 13.1 Å². The minimum atomic E-state index is -1.02. The lowest BCUT2D eigenvalue weighted by Gasteiger charge is -2.26. The minimum Gasteiger partial charge on any atom is -0.480 e. The molecule has 5 heteroatoms. The van der Waals surface area contributed by atoms with Crippen molar-refractivity contribution in [3.8, 4) is 0 Å². The molecule has 0 bridgehead atoms. The lowest BCUT2D eigenvalue weighted by molar-refractivity contribution is -0.138. The summed E-state index contributed by atoms with van der Waals surface area (Å²) in [6, 6.07) is 0. The van der Waals surface area contributed by atoms with Gasteiger partial charge >= 0.3 is 12.1 Å². The van der Waals surface area contributed by atoms with E-state index >= 15 is 0 Å². The molecule has 0 fully saturated rings. The lowest BCUT2D eigenvalue weighted by Crippen LogP contribution is -2.40. The largest absolute Gasteiger partial charge is 0.480 e. The number of hydrogen-bond acceptors (Lipinski definition) is 3. The zero-order valence-corrected chi connectivity index (χ0v) is 11.9. The van der Waals surface area contributed by atoms with Crippen LogP contribution >= 0.6 is 0 Å². The van der Waals surface area contributed by atoms with Gasteiger partial charge in [0, 0.05) is 6.54 Å². The van der Waals surface area contributed by atoms with Gasteiger partial charge in [0.25, 0.3) is 0 Å². The molecule has 0 aromatic carbocycles. The number of carbonyl (C=O) groups excluding carboxylic acids is 1. The Morgan fingerprint density at radius 1 is 1.17 bits per heavy atom. The predicted molar refractivity (Wildman–Crippen MR) is 69.6 cm³/mol. The summed E-state index contributed by atoms with van der Waals surface area (Å²) in [4.78, 5) is 23.8. The number of carboxylic acid groups (broad SMARTS) is 1. The van der Waals surface area contributed by atoms with Crippen LogP contribution in [0.1, 0.15) is 53.4 Å². The average Bonchev–Trinajstić information content (AvgIpc) is 2.19. The number of carbonyl (C=O) groups is 2. The second-order valence-electron chi connectivity index (χ2n) is 5.36. The van der Waals surface area contributed by atoms with Gasteiger partial charge in [0.2, 0.25) is 0 Å². The van der Waals surface area contributed by atoms with Crippen molar-refractivity contribution in [3.63, 3.8) is 0 Å². The molecule has 0 saturated carbocycles. The van der Waals surface area contributed by atoms with Crippen LogP contribution in [-0.4, -0.2) is 40.8 Å². The van der Waals surface area contributed by atoms with Gasteiger partial charge in [-0.2, -0.15) is 0 Å². The smallest absolute Gasteiger partial charge is 0.410 e. The lowest BCUT2D eigenvalue weighted by atomic mass is 10.2. The molecule has 0 atom stereocenters. The number of nitrogens with zero attached hydrogens (tertiary/aromatic N) is 1. The van der Waals surface area contributed by atoms with Gasteiger partial charge < -0.3 is 9.84 Å². The highest BCUT2D eigenvalue weighted by molar-refractivity contribution is 5.76. The first kappa shape index (κ1) is 16.7. The Balaban J connectivity index is 4.29. The number of rotatable bonds is 7. The summed E-state index contributed by atoms with van der Waals surface area (Å²) in [5.41, 5.74) is -0.600. The topological polar surface area (TPSA) is 66.8 Å². The second-order valence-corrected chi connectivity index (χ2v) is 5.36. The van der Waals surface area contributed by atoms with E-state index in [1.165, 1.54) is 4.90 Å². The molecule has 0 aromatic heterocycles. The highest BCUT2D eigenvalue weighted by Gasteiger charge is 2.23. The summed E-state index contributed by atoms with van der Waals surface area (Å²) in [7, 11) is 0. The Labute approximate surface area is 109 Å². The summed E-state index contributed by atoms with van der Waals surface area (Å²) in [6.45, 7) is 7.52. The third-order valence-electron chi connectivity index (χ3n) is 2.26. The second kappa shape index (κ2) is 7.95. The summed E-state index contributed by atoms with van der Waals surface area (Å²) in [6.07, 6.45) is 3.44. The van der Waals surface area contributed by atoms with E-state index in [0.717, 1.165) is 25.7 Å². The maximum absolute atomic E-state index is 11.8. The Morgan fingerprint density at radius 3 is 2.22 bits per heavy atom. The van der Waals surface area contributed by atoms with Gasteiger partial charge in [0.15, 0.2) is 0 Å².